The fourth-order valence-electron chi connectivity index (χ4n) is 2.86. The van der Waals surface area contributed by atoms with Crippen molar-refractivity contribution in [2.45, 2.75) is 31.0 Å². The molecule has 116 valence electrons. The molecular weight excluding hydrogens is 343 g/mol. The molecule has 0 amide bonds. The molecule has 1 saturated carbocycles. The first kappa shape index (κ1) is 14.2. The summed E-state index contributed by atoms with van der Waals surface area (Å²) in [5.41, 5.74) is 3.47. The van der Waals surface area contributed by atoms with Crippen LogP contribution in [0.25, 0.3) is 11.3 Å². The summed E-state index contributed by atoms with van der Waals surface area (Å²) in [6, 6.07) is 4.27. The average Bonchev–Trinajstić information content (AvgIpc) is 3.17. The Kier molecular flexibility index (Phi) is 3.24. The third kappa shape index (κ3) is 2.33. The summed E-state index contributed by atoms with van der Waals surface area (Å²) in [6.45, 7) is 5.36. The minimum absolute atomic E-state index is 0.119. The van der Waals surface area contributed by atoms with Gasteiger partial charge in [-0.1, -0.05) is 0 Å². The van der Waals surface area contributed by atoms with Gasteiger partial charge in [0.25, 0.3) is 0 Å². The molecule has 1 aromatic heterocycles. The Morgan fingerprint density at radius 3 is 2.86 bits per heavy atom. The summed E-state index contributed by atoms with van der Waals surface area (Å²) in [5, 5.41) is 0. The van der Waals surface area contributed by atoms with Crippen molar-refractivity contribution in [3.8, 4) is 22.8 Å². The molecule has 0 spiro atoms. The quantitative estimate of drug-likeness (QED) is 0.849. The van der Waals surface area contributed by atoms with Crippen molar-refractivity contribution in [3.05, 3.63) is 24.2 Å². The first-order chi connectivity index (χ1) is 10.6. The minimum atomic E-state index is 0.119. The zero-order chi connectivity index (χ0) is 15.3. The predicted octanol–water partition coefficient (Wildman–Crippen LogP) is 2.45. The molecule has 4 nitrogen and oxygen atoms in total. The molecule has 1 fully saturated rings. The van der Waals surface area contributed by atoms with Gasteiger partial charge in [0.1, 0.15) is 0 Å². The molecule has 2 heterocycles. The Hall–Kier alpha value is -1.45. The third-order valence-electron chi connectivity index (χ3n) is 4.30. The van der Waals surface area contributed by atoms with E-state index in [2.05, 4.69) is 35.9 Å². The molecule has 0 atom stereocenters. The monoisotopic (exact) mass is 364 g/mol. The van der Waals surface area contributed by atoms with Crippen LogP contribution in [-0.2, 0) is 4.31 Å². The molecule has 0 bridgehead atoms. The van der Waals surface area contributed by atoms with E-state index >= 15 is 0 Å². The maximum atomic E-state index is 6.01. The number of benzene rings is 1. The standard InChI is InChI=1S/C17H20N2O2Se/c1-17(2)16-15(18-9-19-16)11-6-12(20-3)13(7-14(11)22-17)21-8-10-4-5-10/h6-7,9-10H,4-5,8H2,1-3H3,(H,18,19). The topological polar surface area (TPSA) is 47.1 Å². The summed E-state index contributed by atoms with van der Waals surface area (Å²) >= 11 is 0.325. The van der Waals surface area contributed by atoms with E-state index in [9.17, 15) is 0 Å². The molecule has 0 radical (unpaired) electrons. The Morgan fingerprint density at radius 2 is 2.14 bits per heavy atom. The molecule has 2 aliphatic rings. The van der Waals surface area contributed by atoms with Gasteiger partial charge >= 0.3 is 136 Å². The van der Waals surface area contributed by atoms with Crippen LogP contribution in [0.3, 0.4) is 0 Å². The number of fused-ring (bicyclic) bond motifs is 3. The molecule has 1 N–H and O–H groups in total. The summed E-state index contributed by atoms with van der Waals surface area (Å²) in [5.74, 6) is 2.43. The molecular formula is C17H20N2O2Se. The maximum absolute atomic E-state index is 6.01. The summed E-state index contributed by atoms with van der Waals surface area (Å²) < 4.78 is 13.0. The average molecular weight is 363 g/mol. The summed E-state index contributed by atoms with van der Waals surface area (Å²) in [6.07, 6.45) is 4.38. The van der Waals surface area contributed by atoms with Crippen molar-refractivity contribution in [2.75, 3.05) is 13.7 Å². The number of imidazole rings is 1. The number of hydrogen-bond donors (Lipinski definition) is 1. The van der Waals surface area contributed by atoms with E-state index in [1.54, 1.807) is 13.4 Å². The molecule has 5 heteroatoms. The fourth-order valence-corrected chi connectivity index (χ4v) is 5.46. The first-order valence-electron chi connectivity index (χ1n) is 7.66. The van der Waals surface area contributed by atoms with Crippen molar-refractivity contribution in [1.29, 1.82) is 0 Å². The molecule has 4 rings (SSSR count). The van der Waals surface area contributed by atoms with Crippen molar-refractivity contribution >= 4 is 19.4 Å². The van der Waals surface area contributed by atoms with Crippen LogP contribution < -0.4 is 13.9 Å². The number of ether oxygens (including phenoxy) is 2. The van der Waals surface area contributed by atoms with Gasteiger partial charge in [-0.25, -0.2) is 0 Å². The number of methoxy groups -OCH3 is 1. The summed E-state index contributed by atoms with van der Waals surface area (Å²) in [4.78, 5) is 7.86. The van der Waals surface area contributed by atoms with Crippen LogP contribution in [0.4, 0.5) is 0 Å². The second kappa shape index (κ2) is 5.04. The van der Waals surface area contributed by atoms with Crippen LogP contribution >= 0.6 is 0 Å². The van der Waals surface area contributed by atoms with Crippen LogP contribution in [0, 0.1) is 5.92 Å². The number of hydrogen-bond acceptors (Lipinski definition) is 3. The van der Waals surface area contributed by atoms with Crippen LogP contribution in [0.2, 0.25) is 0 Å². The van der Waals surface area contributed by atoms with Crippen molar-refractivity contribution in [2.24, 2.45) is 5.92 Å². The Balaban J connectivity index is 1.77. The number of rotatable bonds is 4. The molecule has 22 heavy (non-hydrogen) atoms. The number of aromatic nitrogens is 2. The van der Waals surface area contributed by atoms with Gasteiger partial charge in [0.15, 0.2) is 0 Å². The van der Waals surface area contributed by atoms with E-state index in [0.29, 0.717) is 15.0 Å². The van der Waals surface area contributed by atoms with Gasteiger partial charge in [0.2, 0.25) is 0 Å². The van der Waals surface area contributed by atoms with Crippen LogP contribution in [0.1, 0.15) is 32.4 Å². The first-order valence-corrected chi connectivity index (χ1v) is 9.38. The van der Waals surface area contributed by atoms with Gasteiger partial charge in [-0.15, -0.1) is 0 Å². The van der Waals surface area contributed by atoms with Crippen LogP contribution in [0.15, 0.2) is 18.5 Å². The number of aromatic amines is 1. The zero-order valence-corrected chi connectivity index (χ0v) is 14.8. The fraction of sp³-hybridized carbons (Fsp3) is 0.471. The second-order valence-corrected chi connectivity index (χ2v) is 9.98. The van der Waals surface area contributed by atoms with Crippen molar-refractivity contribution < 1.29 is 9.47 Å². The van der Waals surface area contributed by atoms with E-state index in [0.717, 1.165) is 29.7 Å². The normalized spacial score (nSPS) is 18.5. The number of nitrogens with zero attached hydrogens (tertiary/aromatic N) is 1. The van der Waals surface area contributed by atoms with Crippen molar-refractivity contribution in [1.82, 2.24) is 9.97 Å². The van der Waals surface area contributed by atoms with Gasteiger partial charge in [0, 0.05) is 0 Å². The molecule has 0 unspecified atom stereocenters. The van der Waals surface area contributed by atoms with Crippen LogP contribution in [-0.4, -0.2) is 38.6 Å². The van der Waals surface area contributed by atoms with Crippen LogP contribution in [0.5, 0.6) is 11.5 Å². The van der Waals surface area contributed by atoms with E-state index in [1.165, 1.54) is 28.6 Å². The van der Waals surface area contributed by atoms with Crippen molar-refractivity contribution in [3.63, 3.8) is 0 Å². The molecule has 1 aliphatic carbocycles. The van der Waals surface area contributed by atoms with Gasteiger partial charge in [-0.3, -0.25) is 0 Å². The van der Waals surface area contributed by atoms with E-state index < -0.39 is 0 Å². The van der Waals surface area contributed by atoms with Gasteiger partial charge in [-0.05, 0) is 0 Å². The van der Waals surface area contributed by atoms with Gasteiger partial charge < -0.3 is 0 Å². The Labute approximate surface area is 136 Å². The molecule has 2 aromatic rings. The second-order valence-electron chi connectivity index (χ2n) is 6.49. The van der Waals surface area contributed by atoms with E-state index in [1.807, 2.05) is 0 Å². The number of nitrogens with one attached hydrogen (secondary N) is 1. The summed E-state index contributed by atoms with van der Waals surface area (Å²) in [7, 11) is 1.70. The Bertz CT molecular complexity index is 719. The van der Waals surface area contributed by atoms with E-state index in [4.69, 9.17) is 9.47 Å². The SMILES string of the molecule is COc1cc2c(cc1OCC1CC1)[Se]C(C)(C)c1[nH]cnc1-2. The van der Waals surface area contributed by atoms with Gasteiger partial charge in [0.05, 0.1) is 0 Å². The third-order valence-corrected chi connectivity index (χ3v) is 6.97. The van der Waals surface area contributed by atoms with Gasteiger partial charge in [-0.2, -0.15) is 0 Å². The molecule has 1 aliphatic heterocycles. The zero-order valence-electron chi connectivity index (χ0n) is 13.1. The Morgan fingerprint density at radius 1 is 1.32 bits per heavy atom. The predicted molar refractivity (Wildman–Crippen MR) is 87.2 cm³/mol. The molecule has 1 aromatic carbocycles. The number of H-pyrrole nitrogens is 1. The molecule has 0 saturated heterocycles. The van der Waals surface area contributed by atoms with E-state index in [-0.39, 0.29) is 4.31 Å².